The number of rotatable bonds is 4. The molecular formula is C17H13ClN4OS. The standard InChI is InChI=1S/C17H13ClN4OS/c18-15-11-5-1-2-6-12(11)24-16(15)17(23)19-9-8-14-21-20-13-7-3-4-10-22(13)14/h1-7,10H,8-9H2,(H,19,23). The van der Waals surface area contributed by atoms with Crippen LogP contribution in [0.4, 0.5) is 0 Å². The molecule has 5 nitrogen and oxygen atoms in total. The number of nitrogens with one attached hydrogen (secondary N) is 1. The van der Waals surface area contributed by atoms with Crippen LogP contribution in [0.3, 0.4) is 0 Å². The number of carbonyl (C=O) groups is 1. The summed E-state index contributed by atoms with van der Waals surface area (Å²) < 4.78 is 2.93. The third-order valence-corrected chi connectivity index (χ3v) is 5.43. The van der Waals surface area contributed by atoms with Crippen LogP contribution in [0.1, 0.15) is 15.5 Å². The lowest BCUT2D eigenvalue weighted by Crippen LogP contribution is -2.25. The van der Waals surface area contributed by atoms with Gasteiger partial charge in [-0.2, -0.15) is 0 Å². The average Bonchev–Trinajstić information content (AvgIpc) is 3.17. The van der Waals surface area contributed by atoms with E-state index in [1.54, 1.807) is 0 Å². The van der Waals surface area contributed by atoms with Crippen LogP contribution in [-0.4, -0.2) is 27.0 Å². The summed E-state index contributed by atoms with van der Waals surface area (Å²) in [6.07, 6.45) is 2.51. The van der Waals surface area contributed by atoms with Crippen LogP contribution in [0, 0.1) is 0 Å². The molecule has 0 aliphatic heterocycles. The number of carbonyl (C=O) groups excluding carboxylic acids is 1. The van der Waals surface area contributed by atoms with Crippen molar-refractivity contribution in [2.24, 2.45) is 0 Å². The molecule has 3 aromatic heterocycles. The van der Waals surface area contributed by atoms with E-state index in [1.807, 2.05) is 53.1 Å². The second kappa shape index (κ2) is 6.22. The van der Waals surface area contributed by atoms with Gasteiger partial charge in [-0.25, -0.2) is 0 Å². The lowest BCUT2D eigenvalue weighted by Gasteiger charge is -2.03. The summed E-state index contributed by atoms with van der Waals surface area (Å²) in [5.74, 6) is 0.656. The summed E-state index contributed by atoms with van der Waals surface area (Å²) in [4.78, 5) is 12.9. The number of pyridine rings is 1. The number of halogens is 1. The Hall–Kier alpha value is -2.44. The predicted molar refractivity (Wildman–Crippen MR) is 95.9 cm³/mol. The lowest BCUT2D eigenvalue weighted by atomic mass is 10.2. The molecule has 3 heterocycles. The van der Waals surface area contributed by atoms with Crippen molar-refractivity contribution in [2.45, 2.75) is 6.42 Å². The van der Waals surface area contributed by atoms with Crippen molar-refractivity contribution in [3.05, 3.63) is 64.4 Å². The normalized spacial score (nSPS) is 11.2. The highest BCUT2D eigenvalue weighted by Gasteiger charge is 2.16. The van der Waals surface area contributed by atoms with Crippen molar-refractivity contribution in [3.63, 3.8) is 0 Å². The number of hydrogen-bond donors (Lipinski definition) is 1. The van der Waals surface area contributed by atoms with Crippen molar-refractivity contribution >= 4 is 44.6 Å². The van der Waals surface area contributed by atoms with Crippen LogP contribution in [0.2, 0.25) is 5.02 Å². The molecule has 7 heteroatoms. The Kier molecular flexibility index (Phi) is 3.92. The fourth-order valence-corrected chi connectivity index (χ4v) is 4.02. The summed E-state index contributed by atoms with van der Waals surface area (Å²) in [5, 5.41) is 12.6. The van der Waals surface area contributed by atoms with E-state index in [-0.39, 0.29) is 5.91 Å². The summed E-state index contributed by atoms with van der Waals surface area (Å²) >= 11 is 7.74. The van der Waals surface area contributed by atoms with Crippen LogP contribution in [0.25, 0.3) is 15.7 Å². The first kappa shape index (κ1) is 15.1. The van der Waals surface area contributed by atoms with E-state index in [0.717, 1.165) is 21.6 Å². The Balaban J connectivity index is 1.47. The lowest BCUT2D eigenvalue weighted by molar-refractivity contribution is 0.0958. The first-order valence-electron chi connectivity index (χ1n) is 7.48. The van der Waals surface area contributed by atoms with Crippen LogP contribution in [0.5, 0.6) is 0 Å². The van der Waals surface area contributed by atoms with E-state index in [0.29, 0.717) is 22.9 Å². The molecule has 0 saturated carbocycles. The number of hydrogen-bond acceptors (Lipinski definition) is 4. The maximum Gasteiger partial charge on any atom is 0.262 e. The second-order valence-electron chi connectivity index (χ2n) is 5.29. The largest absolute Gasteiger partial charge is 0.351 e. The van der Waals surface area contributed by atoms with Crippen LogP contribution in [-0.2, 0) is 6.42 Å². The third kappa shape index (κ3) is 2.64. The Labute approximate surface area is 146 Å². The van der Waals surface area contributed by atoms with Gasteiger partial charge in [0.25, 0.3) is 5.91 Å². The van der Waals surface area contributed by atoms with E-state index in [2.05, 4.69) is 15.5 Å². The van der Waals surface area contributed by atoms with Crippen molar-refractivity contribution < 1.29 is 4.79 Å². The topological polar surface area (TPSA) is 59.3 Å². The summed E-state index contributed by atoms with van der Waals surface area (Å²) in [6.45, 7) is 0.471. The molecule has 0 atom stereocenters. The Morgan fingerprint density at radius 2 is 2.00 bits per heavy atom. The van der Waals surface area contributed by atoms with Crippen molar-refractivity contribution in [3.8, 4) is 0 Å². The van der Waals surface area contributed by atoms with Crippen LogP contribution >= 0.6 is 22.9 Å². The molecule has 0 bridgehead atoms. The summed E-state index contributed by atoms with van der Waals surface area (Å²) in [6, 6.07) is 13.5. The van der Waals surface area contributed by atoms with Gasteiger partial charge in [-0.15, -0.1) is 21.5 Å². The molecule has 0 saturated heterocycles. The van der Waals surface area contributed by atoms with Gasteiger partial charge in [-0.3, -0.25) is 9.20 Å². The molecule has 24 heavy (non-hydrogen) atoms. The van der Waals surface area contributed by atoms with Crippen molar-refractivity contribution in [2.75, 3.05) is 6.54 Å². The fourth-order valence-electron chi connectivity index (χ4n) is 2.59. The van der Waals surface area contributed by atoms with E-state index in [4.69, 9.17) is 11.6 Å². The summed E-state index contributed by atoms with van der Waals surface area (Å²) in [7, 11) is 0. The smallest absolute Gasteiger partial charge is 0.262 e. The van der Waals surface area contributed by atoms with Crippen molar-refractivity contribution in [1.82, 2.24) is 19.9 Å². The average molecular weight is 357 g/mol. The Bertz CT molecular complexity index is 1040. The molecule has 1 amide bonds. The summed E-state index contributed by atoms with van der Waals surface area (Å²) in [5.41, 5.74) is 0.798. The fraction of sp³-hybridized carbons (Fsp3) is 0.118. The Morgan fingerprint density at radius 1 is 1.17 bits per heavy atom. The molecule has 4 rings (SSSR count). The Morgan fingerprint density at radius 3 is 2.88 bits per heavy atom. The number of aromatic nitrogens is 3. The van der Waals surface area contributed by atoms with E-state index >= 15 is 0 Å². The first-order valence-corrected chi connectivity index (χ1v) is 8.67. The van der Waals surface area contributed by atoms with Gasteiger partial charge in [0.1, 0.15) is 10.7 Å². The molecule has 0 aliphatic rings. The molecule has 0 spiro atoms. The molecule has 1 N–H and O–H groups in total. The number of thiophene rings is 1. The minimum Gasteiger partial charge on any atom is -0.351 e. The minimum atomic E-state index is -0.157. The van der Waals surface area contributed by atoms with E-state index in [1.165, 1.54) is 11.3 Å². The van der Waals surface area contributed by atoms with Gasteiger partial charge in [0.15, 0.2) is 5.65 Å². The highest BCUT2D eigenvalue weighted by Crippen LogP contribution is 2.34. The molecule has 0 fully saturated rings. The van der Waals surface area contributed by atoms with Gasteiger partial charge in [-0.1, -0.05) is 35.9 Å². The SMILES string of the molecule is O=C(NCCc1nnc2ccccn12)c1sc2ccccc2c1Cl. The number of amides is 1. The molecule has 0 unspecified atom stereocenters. The van der Waals surface area contributed by atoms with Crippen molar-refractivity contribution in [1.29, 1.82) is 0 Å². The monoisotopic (exact) mass is 356 g/mol. The van der Waals surface area contributed by atoms with Crippen LogP contribution < -0.4 is 5.32 Å². The zero-order valence-electron chi connectivity index (χ0n) is 12.6. The molecule has 0 aliphatic carbocycles. The molecule has 0 radical (unpaired) electrons. The van der Waals surface area contributed by atoms with E-state index in [9.17, 15) is 4.79 Å². The highest BCUT2D eigenvalue weighted by atomic mass is 35.5. The molecule has 1 aromatic carbocycles. The van der Waals surface area contributed by atoms with Crippen LogP contribution in [0.15, 0.2) is 48.7 Å². The minimum absolute atomic E-state index is 0.157. The van der Waals surface area contributed by atoms with Gasteiger partial charge in [0, 0.05) is 29.2 Å². The molecule has 120 valence electrons. The quantitative estimate of drug-likeness (QED) is 0.608. The number of fused-ring (bicyclic) bond motifs is 2. The molecular weight excluding hydrogens is 344 g/mol. The molecule has 4 aromatic rings. The number of nitrogens with zero attached hydrogens (tertiary/aromatic N) is 3. The van der Waals surface area contributed by atoms with Gasteiger partial charge in [0.2, 0.25) is 0 Å². The van der Waals surface area contributed by atoms with Gasteiger partial charge in [-0.05, 0) is 18.2 Å². The maximum absolute atomic E-state index is 12.4. The zero-order valence-corrected chi connectivity index (χ0v) is 14.1. The van der Waals surface area contributed by atoms with Gasteiger partial charge >= 0.3 is 0 Å². The highest BCUT2D eigenvalue weighted by molar-refractivity contribution is 7.21. The third-order valence-electron chi connectivity index (χ3n) is 3.76. The second-order valence-corrected chi connectivity index (χ2v) is 6.72. The van der Waals surface area contributed by atoms with Gasteiger partial charge in [0.05, 0.1) is 5.02 Å². The number of benzene rings is 1. The zero-order chi connectivity index (χ0) is 16.5. The predicted octanol–water partition coefficient (Wildman–Crippen LogP) is 3.57. The van der Waals surface area contributed by atoms with Gasteiger partial charge < -0.3 is 5.32 Å². The van der Waals surface area contributed by atoms with E-state index < -0.39 is 0 Å². The first-order chi connectivity index (χ1) is 11.7. The maximum atomic E-state index is 12.4.